The zero-order valence-electron chi connectivity index (χ0n) is 18.7. The number of fused-ring (bicyclic) bond motifs is 1. The zero-order chi connectivity index (χ0) is 24.5. The first-order chi connectivity index (χ1) is 15.4. The van der Waals surface area contributed by atoms with E-state index in [4.69, 9.17) is 16.4 Å². The van der Waals surface area contributed by atoms with Crippen LogP contribution in [0.2, 0.25) is 30.7 Å². The van der Waals surface area contributed by atoms with E-state index in [2.05, 4.69) is 25.0 Å². The second kappa shape index (κ2) is 9.60. The Kier molecular flexibility index (Phi) is 7.23. The first-order valence-electron chi connectivity index (χ1n) is 10.3. The molecule has 0 fully saturated rings. The fourth-order valence-corrected chi connectivity index (χ4v) is 4.10. The first-order valence-corrected chi connectivity index (χ1v) is 14.4. The summed E-state index contributed by atoms with van der Waals surface area (Å²) < 4.78 is 43.6. The molecule has 0 aliphatic heterocycles. The largest absolute Gasteiger partial charge is 0.414 e. The second-order valence-electron chi connectivity index (χ2n) is 8.92. The van der Waals surface area contributed by atoms with E-state index < -0.39 is 47.8 Å². The molecule has 0 spiro atoms. The van der Waals surface area contributed by atoms with Gasteiger partial charge in [0.1, 0.15) is 17.7 Å². The number of hydrogen-bond acceptors (Lipinski definition) is 3. The molecular weight excluding hydrogens is 473 g/mol. The number of nitrogens with one attached hydrogen (secondary N) is 1. The van der Waals surface area contributed by atoms with Crippen LogP contribution in [-0.4, -0.2) is 25.3 Å². The summed E-state index contributed by atoms with van der Waals surface area (Å²) in [6.07, 6.45) is 0. The van der Waals surface area contributed by atoms with Crippen molar-refractivity contribution in [2.24, 2.45) is 0 Å². The average Bonchev–Trinajstić information content (AvgIpc) is 2.73. The number of hydrogen-bond donors (Lipinski definition) is 1. The van der Waals surface area contributed by atoms with E-state index in [9.17, 15) is 22.8 Å². The molecule has 2 aromatic carbocycles. The Bertz CT molecular complexity index is 1270. The predicted molar refractivity (Wildman–Crippen MR) is 125 cm³/mol. The smallest absolute Gasteiger partial charge is 0.257 e. The van der Waals surface area contributed by atoms with Crippen LogP contribution in [0, 0.1) is 24.4 Å². The summed E-state index contributed by atoms with van der Waals surface area (Å²) in [6, 6.07) is 8.00. The molecule has 0 aliphatic carbocycles. The number of carbonyl (C=O) groups is 1. The molecule has 0 atom stereocenters. The molecule has 3 rings (SSSR count). The Balaban J connectivity index is 2.08. The monoisotopic (exact) mass is 496 g/mol. The van der Waals surface area contributed by atoms with Crippen molar-refractivity contribution in [2.45, 2.75) is 39.2 Å². The molecule has 0 unspecified atom stereocenters. The topological polar surface area (TPSA) is 60.3 Å². The van der Waals surface area contributed by atoms with Crippen molar-refractivity contribution >= 4 is 36.5 Å². The Labute approximate surface area is 195 Å². The van der Waals surface area contributed by atoms with Crippen LogP contribution in [0.3, 0.4) is 0 Å². The third-order valence-corrected chi connectivity index (χ3v) is 7.10. The van der Waals surface area contributed by atoms with Gasteiger partial charge in [-0.3, -0.25) is 9.59 Å². The second-order valence-corrected chi connectivity index (χ2v) is 15.0. The minimum Gasteiger partial charge on any atom is -0.414 e. The van der Waals surface area contributed by atoms with E-state index in [0.29, 0.717) is 17.1 Å². The summed E-state index contributed by atoms with van der Waals surface area (Å²) in [5.74, 6) is -5.54. The zero-order valence-corrected chi connectivity index (χ0v) is 20.4. The molecule has 0 saturated carbocycles. The van der Waals surface area contributed by atoms with E-state index in [-0.39, 0.29) is 24.4 Å². The molecule has 0 radical (unpaired) electrons. The summed E-state index contributed by atoms with van der Waals surface area (Å²) in [5, 5.41) is 2.67. The van der Waals surface area contributed by atoms with Crippen LogP contribution < -0.4 is 15.6 Å². The third-order valence-electron chi connectivity index (χ3n) is 5.14. The number of carbonyl (C=O) groups excluding carboxylic acids is 1. The number of benzene rings is 2. The van der Waals surface area contributed by atoms with Gasteiger partial charge in [-0.15, -0.1) is 0 Å². The van der Waals surface area contributed by atoms with Gasteiger partial charge in [-0.05, 0) is 36.7 Å². The molecule has 1 N–H and O–H groups in total. The number of pyridine rings is 1. The van der Waals surface area contributed by atoms with Gasteiger partial charge in [0.05, 0.1) is 11.1 Å². The summed E-state index contributed by atoms with van der Waals surface area (Å²) >= 11 is 5.86. The Hall–Kier alpha value is -2.78. The number of aromatic nitrogens is 1. The third kappa shape index (κ3) is 5.42. The number of halogens is 4. The lowest BCUT2D eigenvalue weighted by Gasteiger charge is -2.21. The number of rotatable bonds is 7. The Morgan fingerprint density at radius 1 is 1.12 bits per heavy atom. The normalized spacial score (nSPS) is 11.6. The fraction of sp³-hybridized carbons (Fsp3) is 0.304. The highest BCUT2D eigenvalue weighted by Crippen LogP contribution is 2.23. The maximum atomic E-state index is 14.7. The summed E-state index contributed by atoms with van der Waals surface area (Å²) in [6.45, 7) is 7.97. The molecule has 5 nitrogen and oxygen atoms in total. The summed E-state index contributed by atoms with van der Waals surface area (Å²) in [4.78, 5) is 31.7. The summed E-state index contributed by atoms with van der Waals surface area (Å²) in [7, 11) is -1.55. The maximum Gasteiger partial charge on any atom is 0.257 e. The minimum atomic E-state index is -1.72. The minimum absolute atomic E-state index is 0.0124. The Morgan fingerprint density at radius 2 is 1.76 bits per heavy atom. The maximum absolute atomic E-state index is 14.7. The summed E-state index contributed by atoms with van der Waals surface area (Å²) in [5.41, 5.74) is -1.08. The molecule has 1 heterocycles. The van der Waals surface area contributed by atoms with Crippen LogP contribution in [0.25, 0.3) is 10.9 Å². The van der Waals surface area contributed by atoms with Gasteiger partial charge in [0.15, 0.2) is 17.5 Å². The lowest BCUT2D eigenvalue weighted by atomic mass is 10.1. The molecule has 0 saturated heterocycles. The highest BCUT2D eigenvalue weighted by Gasteiger charge is 2.26. The van der Waals surface area contributed by atoms with Gasteiger partial charge >= 0.3 is 0 Å². The van der Waals surface area contributed by atoms with Gasteiger partial charge in [-0.25, -0.2) is 13.2 Å². The highest BCUT2D eigenvalue weighted by molar-refractivity contribution is 6.76. The van der Waals surface area contributed by atoms with Crippen molar-refractivity contribution in [3.8, 4) is 0 Å². The molecule has 0 aliphatic rings. The van der Waals surface area contributed by atoms with Gasteiger partial charge in [0.2, 0.25) is 5.43 Å². The van der Waals surface area contributed by atoms with Gasteiger partial charge in [-0.1, -0.05) is 43.4 Å². The van der Waals surface area contributed by atoms with Crippen LogP contribution in [0.4, 0.5) is 13.2 Å². The molecule has 1 aromatic heterocycles. The standard InChI is InChI=1S/C23H24ClF3N2O3Si/c1-13-18(23(31)28-12-14-5-7-15(24)8-6-14)22(30)16-11-17(25)19(26)20(27)21(16)29(13)32-9-10-33(2,3)4/h5-8,11H,9-10,12H2,1-4H3,(H,28,31). The quantitative estimate of drug-likeness (QED) is 0.366. The van der Waals surface area contributed by atoms with E-state index >= 15 is 0 Å². The highest BCUT2D eigenvalue weighted by atomic mass is 35.5. The van der Waals surface area contributed by atoms with E-state index in [1.165, 1.54) is 6.92 Å². The molecular formula is C23H24ClF3N2O3Si. The molecule has 176 valence electrons. The molecule has 33 heavy (non-hydrogen) atoms. The first kappa shape index (κ1) is 24.9. The van der Waals surface area contributed by atoms with Crippen molar-refractivity contribution in [1.29, 1.82) is 0 Å². The molecule has 10 heteroatoms. The van der Waals surface area contributed by atoms with E-state index in [1.54, 1.807) is 24.3 Å². The number of amides is 1. The molecule has 1 amide bonds. The van der Waals surface area contributed by atoms with E-state index in [1.807, 2.05) is 0 Å². The predicted octanol–water partition coefficient (Wildman–Crippen LogP) is 5.08. The van der Waals surface area contributed by atoms with Crippen LogP contribution in [-0.2, 0) is 6.54 Å². The van der Waals surface area contributed by atoms with Crippen molar-refractivity contribution in [2.75, 3.05) is 6.61 Å². The fourth-order valence-electron chi connectivity index (χ4n) is 3.27. The van der Waals surface area contributed by atoms with Crippen molar-refractivity contribution in [3.63, 3.8) is 0 Å². The van der Waals surface area contributed by atoms with Gasteiger partial charge in [-0.2, -0.15) is 4.73 Å². The van der Waals surface area contributed by atoms with Crippen LogP contribution >= 0.6 is 11.6 Å². The Morgan fingerprint density at radius 3 is 2.36 bits per heavy atom. The van der Waals surface area contributed by atoms with Gasteiger partial charge in [0.25, 0.3) is 5.91 Å². The molecule has 3 aromatic rings. The van der Waals surface area contributed by atoms with Crippen LogP contribution in [0.15, 0.2) is 35.1 Å². The lowest BCUT2D eigenvalue weighted by molar-refractivity contribution is 0.0934. The van der Waals surface area contributed by atoms with Crippen molar-refractivity contribution in [1.82, 2.24) is 10.0 Å². The van der Waals surface area contributed by atoms with Crippen LogP contribution in [0.1, 0.15) is 21.6 Å². The van der Waals surface area contributed by atoms with Crippen LogP contribution in [0.5, 0.6) is 0 Å². The van der Waals surface area contributed by atoms with Gasteiger partial charge < -0.3 is 10.2 Å². The van der Waals surface area contributed by atoms with Gasteiger partial charge in [0, 0.05) is 19.6 Å². The van der Waals surface area contributed by atoms with Crippen molar-refractivity contribution < 1.29 is 22.8 Å². The number of nitrogens with zero attached hydrogens (tertiary/aromatic N) is 1. The SMILES string of the molecule is Cc1c(C(=O)NCc2ccc(Cl)cc2)c(=O)c2cc(F)c(F)c(F)c2n1OCC[Si](C)(C)C. The van der Waals surface area contributed by atoms with Crippen molar-refractivity contribution in [3.05, 3.63) is 79.9 Å². The lowest BCUT2D eigenvalue weighted by Crippen LogP contribution is -2.34. The molecule has 0 bridgehead atoms. The van der Waals surface area contributed by atoms with E-state index in [0.717, 1.165) is 10.3 Å². The average molecular weight is 497 g/mol.